The van der Waals surface area contributed by atoms with Crippen LogP contribution in [-0.4, -0.2) is 62.1 Å². The second-order valence-corrected chi connectivity index (χ2v) is 10.1. The molecule has 33 heavy (non-hydrogen) atoms. The molecule has 5 heteroatoms. The summed E-state index contributed by atoms with van der Waals surface area (Å²) in [7, 11) is 0. The van der Waals surface area contributed by atoms with Crippen molar-refractivity contribution in [1.29, 1.82) is 0 Å². The summed E-state index contributed by atoms with van der Waals surface area (Å²) in [6.45, 7) is 9.01. The van der Waals surface area contributed by atoms with Gasteiger partial charge in [-0.25, -0.2) is 0 Å². The molecule has 0 aromatic rings. The van der Waals surface area contributed by atoms with E-state index < -0.39 is 6.10 Å². The summed E-state index contributed by atoms with van der Waals surface area (Å²) in [6, 6.07) is 0. The molecule has 0 bridgehead atoms. The van der Waals surface area contributed by atoms with Gasteiger partial charge in [0.2, 0.25) is 0 Å². The van der Waals surface area contributed by atoms with E-state index in [0.717, 1.165) is 38.4 Å². The lowest BCUT2D eigenvalue weighted by molar-refractivity contribution is -0.0882. The lowest BCUT2D eigenvalue weighted by atomic mass is 10.0. The van der Waals surface area contributed by atoms with Gasteiger partial charge in [0, 0.05) is 13.2 Å². The van der Waals surface area contributed by atoms with E-state index in [4.69, 9.17) is 19.3 Å². The predicted molar refractivity (Wildman–Crippen MR) is 139 cm³/mol. The van der Waals surface area contributed by atoms with Crippen LogP contribution in [0.25, 0.3) is 0 Å². The molecule has 0 saturated carbocycles. The van der Waals surface area contributed by atoms with Crippen LogP contribution >= 0.6 is 0 Å². The van der Waals surface area contributed by atoms with Gasteiger partial charge < -0.3 is 24.4 Å². The molecule has 0 saturated heterocycles. The first-order chi connectivity index (χ1) is 16.1. The molecule has 0 aliphatic heterocycles. The van der Waals surface area contributed by atoms with Crippen LogP contribution in [0.3, 0.4) is 0 Å². The summed E-state index contributed by atoms with van der Waals surface area (Å²) in [5, 5.41) is 18.4. The summed E-state index contributed by atoms with van der Waals surface area (Å²) in [6.07, 6.45) is 20.1. The van der Waals surface area contributed by atoms with E-state index in [1.54, 1.807) is 0 Å². The first-order valence-corrected chi connectivity index (χ1v) is 14.2. The average molecular weight is 475 g/mol. The Morgan fingerprint density at radius 3 is 1.52 bits per heavy atom. The van der Waals surface area contributed by atoms with Crippen LogP contribution in [0, 0.1) is 5.92 Å². The van der Waals surface area contributed by atoms with E-state index in [2.05, 4.69) is 20.8 Å². The van der Waals surface area contributed by atoms with Crippen LogP contribution in [0.2, 0.25) is 0 Å². The monoisotopic (exact) mass is 474 g/mol. The summed E-state index contributed by atoms with van der Waals surface area (Å²) in [4.78, 5) is 0. The van der Waals surface area contributed by atoms with Crippen molar-refractivity contribution in [2.24, 2.45) is 5.92 Å². The maximum atomic E-state index is 9.49. The topological polar surface area (TPSA) is 68.2 Å². The van der Waals surface area contributed by atoms with Gasteiger partial charge in [0.15, 0.2) is 0 Å². The Kier molecular flexibility index (Phi) is 26.2. The smallest absolute Gasteiger partial charge is 0.104 e. The van der Waals surface area contributed by atoms with E-state index in [0.29, 0.717) is 13.2 Å². The standard InChI is InChI=1S/C28H58O5/c1-4-5-20-31-24-28(33-23-27(30)22-29)25-32-21-18-16-14-12-10-8-6-7-9-11-13-15-17-19-26(2)3/h26-30H,4-25H2,1-3H3. The summed E-state index contributed by atoms with van der Waals surface area (Å²) < 4.78 is 17.1. The van der Waals surface area contributed by atoms with Crippen molar-refractivity contribution in [2.45, 2.75) is 136 Å². The molecule has 0 rings (SSSR count). The zero-order valence-corrected chi connectivity index (χ0v) is 22.4. The molecule has 0 radical (unpaired) electrons. The molecule has 0 aromatic heterocycles. The molecule has 2 N–H and O–H groups in total. The van der Waals surface area contributed by atoms with Gasteiger partial charge in [-0.3, -0.25) is 0 Å². The SMILES string of the molecule is CCCCOCC(COCCCCCCCCCCCCCCCC(C)C)OCC(O)CO. The van der Waals surface area contributed by atoms with Crippen molar-refractivity contribution in [1.82, 2.24) is 0 Å². The van der Waals surface area contributed by atoms with Gasteiger partial charge in [-0.2, -0.15) is 0 Å². The second kappa shape index (κ2) is 26.4. The third kappa shape index (κ3) is 26.2. The van der Waals surface area contributed by atoms with Crippen molar-refractivity contribution in [2.75, 3.05) is 39.6 Å². The van der Waals surface area contributed by atoms with E-state index in [9.17, 15) is 5.11 Å². The van der Waals surface area contributed by atoms with Gasteiger partial charge in [-0.05, 0) is 18.8 Å². The van der Waals surface area contributed by atoms with E-state index >= 15 is 0 Å². The molecule has 0 aromatic carbocycles. The molecule has 0 aliphatic carbocycles. The number of rotatable bonds is 27. The van der Waals surface area contributed by atoms with Gasteiger partial charge in [0.1, 0.15) is 12.2 Å². The van der Waals surface area contributed by atoms with Crippen LogP contribution in [0.5, 0.6) is 0 Å². The Hall–Kier alpha value is -0.200. The Morgan fingerprint density at radius 2 is 1.06 bits per heavy atom. The summed E-state index contributed by atoms with van der Waals surface area (Å²) >= 11 is 0. The van der Waals surface area contributed by atoms with Crippen molar-refractivity contribution in [3.63, 3.8) is 0 Å². The normalized spacial score (nSPS) is 13.6. The highest BCUT2D eigenvalue weighted by atomic mass is 16.6. The number of hydrogen-bond donors (Lipinski definition) is 2. The zero-order chi connectivity index (χ0) is 24.4. The first kappa shape index (κ1) is 32.8. The third-order valence-corrected chi connectivity index (χ3v) is 6.05. The van der Waals surface area contributed by atoms with Crippen LogP contribution in [0.15, 0.2) is 0 Å². The van der Waals surface area contributed by atoms with Gasteiger partial charge in [-0.1, -0.05) is 111 Å². The van der Waals surface area contributed by atoms with Crippen LogP contribution < -0.4 is 0 Å². The molecule has 0 heterocycles. The fourth-order valence-corrected chi connectivity index (χ4v) is 3.82. The van der Waals surface area contributed by atoms with Gasteiger partial charge in [0.05, 0.1) is 26.4 Å². The van der Waals surface area contributed by atoms with Gasteiger partial charge >= 0.3 is 0 Å². The van der Waals surface area contributed by atoms with Crippen LogP contribution in [-0.2, 0) is 14.2 Å². The molecular formula is C28H58O5. The fraction of sp³-hybridized carbons (Fsp3) is 1.00. The molecule has 0 amide bonds. The molecule has 0 spiro atoms. The highest BCUT2D eigenvalue weighted by Gasteiger charge is 2.13. The Bertz CT molecular complexity index is 364. The molecule has 2 atom stereocenters. The van der Waals surface area contributed by atoms with Crippen molar-refractivity contribution in [3.05, 3.63) is 0 Å². The van der Waals surface area contributed by atoms with Gasteiger partial charge in [0.25, 0.3) is 0 Å². The van der Waals surface area contributed by atoms with Crippen LogP contribution in [0.1, 0.15) is 124 Å². The number of aliphatic hydroxyl groups is 2. The largest absolute Gasteiger partial charge is 0.394 e. The highest BCUT2D eigenvalue weighted by Crippen LogP contribution is 2.14. The minimum atomic E-state index is -0.845. The number of hydrogen-bond acceptors (Lipinski definition) is 5. The first-order valence-electron chi connectivity index (χ1n) is 14.2. The Morgan fingerprint density at radius 1 is 0.606 bits per heavy atom. The summed E-state index contributed by atoms with van der Waals surface area (Å²) in [5.41, 5.74) is 0. The lowest BCUT2D eigenvalue weighted by Gasteiger charge is -2.19. The molecular weight excluding hydrogens is 416 g/mol. The summed E-state index contributed by atoms with van der Waals surface area (Å²) in [5.74, 6) is 0.864. The number of aliphatic hydroxyl groups excluding tert-OH is 2. The second-order valence-electron chi connectivity index (χ2n) is 10.1. The molecule has 0 fully saturated rings. The molecule has 5 nitrogen and oxygen atoms in total. The molecule has 200 valence electrons. The van der Waals surface area contributed by atoms with E-state index in [1.807, 2.05) is 0 Å². The van der Waals surface area contributed by atoms with Crippen molar-refractivity contribution in [3.8, 4) is 0 Å². The van der Waals surface area contributed by atoms with Gasteiger partial charge in [-0.15, -0.1) is 0 Å². The quantitative estimate of drug-likeness (QED) is 0.130. The highest BCUT2D eigenvalue weighted by molar-refractivity contribution is 4.59. The number of ether oxygens (including phenoxy) is 3. The minimum absolute atomic E-state index is 0.111. The Balaban J connectivity index is 3.47. The predicted octanol–water partition coefficient (Wildman–Crippen LogP) is 6.68. The van der Waals surface area contributed by atoms with Crippen LogP contribution in [0.4, 0.5) is 0 Å². The minimum Gasteiger partial charge on any atom is -0.394 e. The van der Waals surface area contributed by atoms with Crippen molar-refractivity contribution >= 4 is 0 Å². The molecule has 0 aliphatic rings. The fourth-order valence-electron chi connectivity index (χ4n) is 3.82. The maximum absolute atomic E-state index is 9.49. The van der Waals surface area contributed by atoms with Crippen molar-refractivity contribution < 1.29 is 24.4 Å². The third-order valence-electron chi connectivity index (χ3n) is 6.05. The zero-order valence-electron chi connectivity index (χ0n) is 22.4. The average Bonchev–Trinajstić information content (AvgIpc) is 2.81. The molecule has 2 unspecified atom stereocenters. The Labute approximate surface area is 206 Å². The van der Waals surface area contributed by atoms with E-state index in [-0.39, 0.29) is 19.3 Å². The lowest BCUT2D eigenvalue weighted by Crippen LogP contribution is -2.31. The maximum Gasteiger partial charge on any atom is 0.104 e. The van der Waals surface area contributed by atoms with E-state index in [1.165, 1.54) is 83.5 Å². The number of unbranched alkanes of at least 4 members (excludes halogenated alkanes) is 13.